The quantitative estimate of drug-likeness (QED) is 0.711. The van der Waals surface area contributed by atoms with Gasteiger partial charge in [0.25, 0.3) is 0 Å². The van der Waals surface area contributed by atoms with Crippen LogP contribution in [0.2, 0.25) is 0 Å². The minimum absolute atomic E-state index is 0.685. The molecule has 0 aliphatic carbocycles. The molecule has 0 spiro atoms. The van der Waals surface area contributed by atoms with Crippen molar-refractivity contribution in [2.45, 2.75) is 6.92 Å². The third kappa shape index (κ3) is 4.37. The Morgan fingerprint density at radius 2 is 1.90 bits per heavy atom. The monoisotopic (exact) mass is 280 g/mol. The lowest BCUT2D eigenvalue weighted by Crippen LogP contribution is -2.41. The van der Waals surface area contributed by atoms with E-state index in [1.165, 1.54) is 0 Å². The normalized spacial score (nSPS) is 16.1. The molecule has 1 fully saturated rings. The zero-order valence-corrected chi connectivity index (χ0v) is 12.4. The van der Waals surface area contributed by atoms with Crippen LogP contribution in [-0.2, 0) is 9.57 Å². The van der Waals surface area contributed by atoms with Crippen molar-refractivity contribution in [2.75, 3.05) is 58.2 Å². The topological polar surface area (TPSA) is 34.2 Å². The number of rotatable bonds is 7. The Bertz CT molecular complexity index is 377. The van der Waals surface area contributed by atoms with Crippen LogP contribution < -0.4 is 9.80 Å². The summed E-state index contributed by atoms with van der Waals surface area (Å²) in [6, 6.07) is 7.99. The van der Waals surface area contributed by atoms with E-state index >= 15 is 0 Å². The number of ether oxygens (including phenoxy) is 2. The summed E-state index contributed by atoms with van der Waals surface area (Å²) in [6.45, 7) is 8.14. The van der Waals surface area contributed by atoms with Crippen molar-refractivity contribution in [3.05, 3.63) is 24.3 Å². The van der Waals surface area contributed by atoms with E-state index in [2.05, 4.69) is 4.90 Å². The molecule has 0 radical (unpaired) electrons. The lowest BCUT2D eigenvalue weighted by molar-refractivity contribution is 0.0351. The van der Waals surface area contributed by atoms with Crippen LogP contribution in [0.5, 0.6) is 5.75 Å². The lowest BCUT2D eigenvalue weighted by Gasteiger charge is -2.29. The molecule has 20 heavy (non-hydrogen) atoms. The Morgan fingerprint density at radius 1 is 1.20 bits per heavy atom. The molecule has 112 valence electrons. The molecule has 1 heterocycles. The van der Waals surface area contributed by atoms with Gasteiger partial charge in [-0.05, 0) is 31.2 Å². The molecular weight excluding hydrogens is 256 g/mol. The van der Waals surface area contributed by atoms with Crippen LogP contribution in [0.1, 0.15) is 6.92 Å². The van der Waals surface area contributed by atoms with Crippen molar-refractivity contribution in [2.24, 2.45) is 0 Å². The highest BCUT2D eigenvalue weighted by atomic mass is 16.7. The number of hydrogen-bond acceptors (Lipinski definition) is 5. The van der Waals surface area contributed by atoms with Crippen LogP contribution in [-0.4, -0.2) is 58.0 Å². The second-order valence-corrected chi connectivity index (χ2v) is 4.67. The molecule has 0 unspecified atom stereocenters. The first-order valence-electron chi connectivity index (χ1n) is 7.18. The minimum Gasteiger partial charge on any atom is -0.494 e. The molecule has 1 aromatic carbocycles. The average molecular weight is 280 g/mol. The summed E-state index contributed by atoms with van der Waals surface area (Å²) in [4.78, 5) is 7.85. The van der Waals surface area contributed by atoms with Gasteiger partial charge >= 0.3 is 0 Å². The summed E-state index contributed by atoms with van der Waals surface area (Å²) in [5.41, 5.74) is 1.05. The number of hydroxylamine groups is 1. The molecule has 0 aromatic heterocycles. The highest BCUT2D eigenvalue weighted by Gasteiger charge is 2.12. The second kappa shape index (κ2) is 8.09. The summed E-state index contributed by atoms with van der Waals surface area (Å²) in [6.07, 6.45) is 0. The van der Waals surface area contributed by atoms with Gasteiger partial charge in [-0.3, -0.25) is 14.8 Å². The van der Waals surface area contributed by atoms with Gasteiger partial charge < -0.3 is 9.47 Å². The summed E-state index contributed by atoms with van der Waals surface area (Å²) in [5, 5.41) is 1.91. The van der Waals surface area contributed by atoms with E-state index in [1.807, 2.05) is 36.3 Å². The van der Waals surface area contributed by atoms with E-state index in [4.69, 9.17) is 14.3 Å². The number of nitrogens with zero attached hydrogens (tertiary/aromatic N) is 2. The van der Waals surface area contributed by atoms with Gasteiger partial charge in [-0.25, -0.2) is 0 Å². The summed E-state index contributed by atoms with van der Waals surface area (Å²) >= 11 is 0. The second-order valence-electron chi connectivity index (χ2n) is 4.67. The molecule has 1 saturated heterocycles. The van der Waals surface area contributed by atoms with Gasteiger partial charge in [0.2, 0.25) is 0 Å². The zero-order chi connectivity index (χ0) is 14.2. The SMILES string of the molecule is CCOc1ccc(N(CCN2CCOCC2)OC)cc1. The molecule has 1 aliphatic rings. The fraction of sp³-hybridized carbons (Fsp3) is 0.600. The third-order valence-corrected chi connectivity index (χ3v) is 3.38. The van der Waals surface area contributed by atoms with Crippen LogP contribution in [0, 0.1) is 0 Å². The van der Waals surface area contributed by atoms with E-state index < -0.39 is 0 Å². The molecule has 0 N–H and O–H groups in total. The Morgan fingerprint density at radius 3 is 2.50 bits per heavy atom. The fourth-order valence-electron chi connectivity index (χ4n) is 2.26. The molecule has 0 amide bonds. The van der Waals surface area contributed by atoms with Crippen molar-refractivity contribution >= 4 is 5.69 Å². The minimum atomic E-state index is 0.685. The molecule has 5 nitrogen and oxygen atoms in total. The zero-order valence-electron chi connectivity index (χ0n) is 12.4. The van der Waals surface area contributed by atoms with Crippen molar-refractivity contribution in [1.82, 2.24) is 4.90 Å². The number of morpholine rings is 1. The van der Waals surface area contributed by atoms with Crippen LogP contribution in [0.4, 0.5) is 5.69 Å². The van der Waals surface area contributed by atoms with Gasteiger partial charge in [-0.1, -0.05) is 0 Å². The number of hydrogen-bond donors (Lipinski definition) is 0. The van der Waals surface area contributed by atoms with E-state index in [-0.39, 0.29) is 0 Å². The standard InChI is InChI=1S/C15H24N2O3/c1-3-20-15-6-4-14(5-7-15)17(18-2)9-8-16-10-12-19-13-11-16/h4-7H,3,8-13H2,1-2H3. The molecular formula is C15H24N2O3. The summed E-state index contributed by atoms with van der Waals surface area (Å²) in [5.74, 6) is 0.889. The predicted octanol–water partition coefficient (Wildman–Crippen LogP) is 1.79. The van der Waals surface area contributed by atoms with Crippen molar-refractivity contribution in [1.29, 1.82) is 0 Å². The van der Waals surface area contributed by atoms with Crippen LogP contribution in [0.25, 0.3) is 0 Å². The summed E-state index contributed by atoms with van der Waals surface area (Å²) in [7, 11) is 1.70. The number of anilines is 1. The van der Waals surface area contributed by atoms with E-state index in [1.54, 1.807) is 7.11 Å². The molecule has 1 aliphatic heterocycles. The molecule has 0 saturated carbocycles. The first kappa shape index (κ1) is 15.1. The van der Waals surface area contributed by atoms with Crippen LogP contribution in [0.3, 0.4) is 0 Å². The Labute approximate surface area is 121 Å². The maximum Gasteiger partial charge on any atom is 0.119 e. The lowest BCUT2D eigenvalue weighted by atomic mass is 10.3. The highest BCUT2D eigenvalue weighted by molar-refractivity contribution is 5.47. The molecule has 0 bridgehead atoms. The number of benzene rings is 1. The molecule has 0 atom stereocenters. The Kier molecular flexibility index (Phi) is 6.11. The largest absolute Gasteiger partial charge is 0.494 e. The van der Waals surface area contributed by atoms with Crippen molar-refractivity contribution in [3.8, 4) is 5.75 Å². The average Bonchev–Trinajstić information content (AvgIpc) is 2.51. The van der Waals surface area contributed by atoms with Gasteiger partial charge in [-0.2, -0.15) is 0 Å². The van der Waals surface area contributed by atoms with Gasteiger partial charge in [0.15, 0.2) is 0 Å². The fourth-order valence-corrected chi connectivity index (χ4v) is 2.26. The van der Waals surface area contributed by atoms with E-state index in [9.17, 15) is 0 Å². The first-order chi connectivity index (χ1) is 9.83. The first-order valence-corrected chi connectivity index (χ1v) is 7.18. The Hall–Kier alpha value is -1.30. The molecule has 5 heteroatoms. The van der Waals surface area contributed by atoms with Crippen molar-refractivity contribution in [3.63, 3.8) is 0 Å². The van der Waals surface area contributed by atoms with Gasteiger partial charge in [-0.15, -0.1) is 0 Å². The summed E-state index contributed by atoms with van der Waals surface area (Å²) < 4.78 is 10.8. The smallest absolute Gasteiger partial charge is 0.119 e. The van der Waals surface area contributed by atoms with Gasteiger partial charge in [0, 0.05) is 19.6 Å². The predicted molar refractivity (Wildman–Crippen MR) is 79.2 cm³/mol. The third-order valence-electron chi connectivity index (χ3n) is 3.38. The molecule has 2 rings (SSSR count). The maximum absolute atomic E-state index is 5.46. The Balaban J connectivity index is 1.86. The van der Waals surface area contributed by atoms with Crippen LogP contribution >= 0.6 is 0 Å². The van der Waals surface area contributed by atoms with E-state index in [0.29, 0.717) is 6.61 Å². The van der Waals surface area contributed by atoms with E-state index in [0.717, 1.165) is 50.8 Å². The van der Waals surface area contributed by atoms with Crippen LogP contribution in [0.15, 0.2) is 24.3 Å². The maximum atomic E-state index is 5.46. The van der Waals surface area contributed by atoms with Crippen molar-refractivity contribution < 1.29 is 14.3 Å². The molecule has 1 aromatic rings. The highest BCUT2D eigenvalue weighted by Crippen LogP contribution is 2.19. The van der Waals surface area contributed by atoms with Gasteiger partial charge in [0.1, 0.15) is 5.75 Å². The van der Waals surface area contributed by atoms with Gasteiger partial charge in [0.05, 0.1) is 39.2 Å².